The van der Waals surface area contributed by atoms with E-state index >= 15 is 0 Å². The highest BCUT2D eigenvalue weighted by Crippen LogP contribution is 2.33. The molecule has 1 aromatic heterocycles. The summed E-state index contributed by atoms with van der Waals surface area (Å²) in [7, 11) is 0. The average Bonchev–Trinajstić information content (AvgIpc) is 3.21. The minimum Gasteiger partial charge on any atom is -0.353 e. The fourth-order valence-corrected chi connectivity index (χ4v) is 2.83. The first-order chi connectivity index (χ1) is 9.61. The molecule has 0 saturated heterocycles. The Labute approximate surface area is 131 Å². The number of hydrogen-bond donors (Lipinski definition) is 1. The lowest BCUT2D eigenvalue weighted by atomic mass is 10.1. The monoisotopic (exact) mass is 339 g/mol. The van der Waals surface area contributed by atoms with Gasteiger partial charge < -0.3 is 10.2 Å². The van der Waals surface area contributed by atoms with Crippen LogP contribution in [0, 0.1) is 5.92 Å². The summed E-state index contributed by atoms with van der Waals surface area (Å²) in [5.74, 6) is 1.84. The van der Waals surface area contributed by atoms with Crippen molar-refractivity contribution in [1.29, 1.82) is 0 Å². The molecule has 1 N–H and O–H groups in total. The molecule has 0 aliphatic heterocycles. The quantitative estimate of drug-likeness (QED) is 0.726. The maximum Gasteiger partial charge on any atom is 0.133 e. The number of pyridine rings is 1. The maximum atomic E-state index is 4.71. The molecule has 1 saturated carbocycles. The van der Waals surface area contributed by atoms with Gasteiger partial charge in [-0.25, -0.2) is 4.98 Å². The largest absolute Gasteiger partial charge is 0.353 e. The molecule has 1 aromatic rings. The van der Waals surface area contributed by atoms with Crippen LogP contribution in [-0.4, -0.2) is 24.1 Å². The summed E-state index contributed by atoms with van der Waals surface area (Å²) in [6.07, 6.45) is 5.71. The van der Waals surface area contributed by atoms with E-state index in [0.717, 1.165) is 30.5 Å². The normalized spacial score (nSPS) is 14.8. The Morgan fingerprint density at radius 2 is 2.20 bits per heavy atom. The number of hydrogen-bond acceptors (Lipinski definition) is 3. The lowest BCUT2D eigenvalue weighted by molar-refractivity contribution is 0.597. The van der Waals surface area contributed by atoms with Gasteiger partial charge >= 0.3 is 0 Å². The summed E-state index contributed by atoms with van der Waals surface area (Å²) in [4.78, 5) is 7.22. The summed E-state index contributed by atoms with van der Waals surface area (Å²) in [5.41, 5.74) is 1.31. The van der Waals surface area contributed by atoms with Crippen molar-refractivity contribution in [2.75, 3.05) is 18.0 Å². The van der Waals surface area contributed by atoms with Crippen LogP contribution in [-0.2, 0) is 6.54 Å². The van der Waals surface area contributed by atoms with E-state index in [1.54, 1.807) is 0 Å². The van der Waals surface area contributed by atoms with E-state index < -0.39 is 0 Å². The molecule has 0 radical (unpaired) electrons. The van der Waals surface area contributed by atoms with Crippen molar-refractivity contribution in [2.24, 2.45) is 5.92 Å². The Morgan fingerprint density at radius 1 is 1.45 bits per heavy atom. The first kappa shape index (κ1) is 15.8. The van der Waals surface area contributed by atoms with Crippen LogP contribution in [0.15, 0.2) is 16.7 Å². The van der Waals surface area contributed by atoms with Gasteiger partial charge in [0.25, 0.3) is 0 Å². The molecule has 1 aliphatic rings. The summed E-state index contributed by atoms with van der Waals surface area (Å²) in [5, 5.41) is 3.50. The number of nitrogens with zero attached hydrogens (tertiary/aromatic N) is 2. The van der Waals surface area contributed by atoms with Gasteiger partial charge in [-0.2, -0.15) is 0 Å². The van der Waals surface area contributed by atoms with Crippen LogP contribution < -0.4 is 10.2 Å². The van der Waals surface area contributed by atoms with Crippen molar-refractivity contribution < 1.29 is 0 Å². The number of aromatic nitrogens is 1. The third kappa shape index (κ3) is 4.45. The van der Waals surface area contributed by atoms with E-state index in [1.165, 1.54) is 24.2 Å². The summed E-state index contributed by atoms with van der Waals surface area (Å²) in [6, 6.07) is 2.91. The predicted octanol–water partition coefficient (Wildman–Crippen LogP) is 3.97. The smallest absolute Gasteiger partial charge is 0.133 e. The second-order valence-corrected chi connectivity index (χ2v) is 7.01. The predicted molar refractivity (Wildman–Crippen MR) is 89.1 cm³/mol. The molecule has 0 amide bonds. The van der Waals surface area contributed by atoms with E-state index in [4.69, 9.17) is 4.98 Å². The Morgan fingerprint density at radius 3 is 2.80 bits per heavy atom. The number of rotatable bonds is 8. The molecule has 1 fully saturated rings. The fraction of sp³-hybridized carbons (Fsp3) is 0.688. The summed E-state index contributed by atoms with van der Waals surface area (Å²) in [6.45, 7) is 9.81. The zero-order chi connectivity index (χ0) is 14.5. The van der Waals surface area contributed by atoms with Crippen LogP contribution in [0.4, 0.5) is 5.82 Å². The van der Waals surface area contributed by atoms with Crippen LogP contribution >= 0.6 is 15.9 Å². The van der Waals surface area contributed by atoms with E-state index in [9.17, 15) is 0 Å². The molecule has 1 aliphatic carbocycles. The average molecular weight is 340 g/mol. The lowest BCUT2D eigenvalue weighted by Crippen LogP contribution is -2.32. The molecule has 0 aromatic carbocycles. The zero-order valence-electron chi connectivity index (χ0n) is 12.8. The van der Waals surface area contributed by atoms with Gasteiger partial charge in [-0.05, 0) is 53.7 Å². The van der Waals surface area contributed by atoms with Crippen molar-refractivity contribution in [3.63, 3.8) is 0 Å². The fourth-order valence-electron chi connectivity index (χ4n) is 2.45. The highest BCUT2D eigenvalue weighted by molar-refractivity contribution is 9.10. The van der Waals surface area contributed by atoms with E-state index in [0.29, 0.717) is 12.0 Å². The van der Waals surface area contributed by atoms with Crippen molar-refractivity contribution in [3.05, 3.63) is 22.3 Å². The second kappa shape index (κ2) is 7.41. The van der Waals surface area contributed by atoms with Gasteiger partial charge in [-0.3, -0.25) is 0 Å². The molecule has 3 nitrogen and oxygen atoms in total. The van der Waals surface area contributed by atoms with Crippen molar-refractivity contribution >= 4 is 21.7 Å². The Kier molecular flexibility index (Phi) is 5.85. The van der Waals surface area contributed by atoms with Crippen molar-refractivity contribution in [1.82, 2.24) is 10.3 Å². The molecule has 0 atom stereocenters. The van der Waals surface area contributed by atoms with Crippen LogP contribution in [0.25, 0.3) is 0 Å². The summed E-state index contributed by atoms with van der Waals surface area (Å²) < 4.78 is 1.06. The van der Waals surface area contributed by atoms with E-state index in [2.05, 4.69) is 53.0 Å². The minimum atomic E-state index is 0.664. The Bertz CT molecular complexity index is 430. The van der Waals surface area contributed by atoms with Crippen molar-refractivity contribution in [3.8, 4) is 0 Å². The molecule has 0 unspecified atom stereocenters. The second-order valence-electron chi connectivity index (χ2n) is 6.09. The number of nitrogens with one attached hydrogen (secondary N) is 1. The van der Waals surface area contributed by atoms with Gasteiger partial charge in [0, 0.05) is 35.4 Å². The molecule has 4 heteroatoms. The zero-order valence-corrected chi connectivity index (χ0v) is 14.4. The van der Waals surface area contributed by atoms with Gasteiger partial charge in [-0.1, -0.05) is 20.8 Å². The first-order valence-electron chi connectivity index (χ1n) is 7.73. The van der Waals surface area contributed by atoms with Crippen LogP contribution in [0.1, 0.15) is 45.6 Å². The highest BCUT2D eigenvalue weighted by atomic mass is 79.9. The van der Waals surface area contributed by atoms with Gasteiger partial charge in [0.2, 0.25) is 0 Å². The van der Waals surface area contributed by atoms with Gasteiger partial charge in [0.05, 0.1) is 0 Å². The molecular formula is C16H26BrN3. The van der Waals surface area contributed by atoms with Crippen LogP contribution in [0.2, 0.25) is 0 Å². The van der Waals surface area contributed by atoms with Crippen LogP contribution in [0.5, 0.6) is 0 Å². The maximum absolute atomic E-state index is 4.71. The van der Waals surface area contributed by atoms with Crippen LogP contribution in [0.3, 0.4) is 0 Å². The molecule has 2 rings (SSSR count). The molecule has 112 valence electrons. The number of halogens is 1. The van der Waals surface area contributed by atoms with Crippen molar-refractivity contribution in [2.45, 2.75) is 52.6 Å². The van der Waals surface area contributed by atoms with E-state index in [-0.39, 0.29) is 0 Å². The molecule has 20 heavy (non-hydrogen) atoms. The molecule has 1 heterocycles. The number of anilines is 1. The Balaban J connectivity index is 2.18. The lowest BCUT2D eigenvalue weighted by Gasteiger charge is -2.28. The SMILES string of the molecule is CCCNCc1cc(Br)cnc1N(CC(C)C)C1CC1. The highest BCUT2D eigenvalue weighted by Gasteiger charge is 2.31. The van der Waals surface area contributed by atoms with E-state index in [1.807, 2.05) is 6.20 Å². The van der Waals surface area contributed by atoms with Gasteiger partial charge in [0.15, 0.2) is 0 Å². The first-order valence-corrected chi connectivity index (χ1v) is 8.53. The third-order valence-corrected chi connectivity index (χ3v) is 3.91. The standard InChI is InChI=1S/C16H26BrN3/c1-4-7-18-9-13-8-14(17)10-19-16(13)20(11-12(2)3)15-5-6-15/h8,10,12,15,18H,4-7,9,11H2,1-3H3. The van der Waals surface area contributed by atoms with Gasteiger partial charge in [0.1, 0.15) is 5.82 Å². The van der Waals surface area contributed by atoms with Gasteiger partial charge in [-0.15, -0.1) is 0 Å². The molecule has 0 bridgehead atoms. The summed E-state index contributed by atoms with van der Waals surface area (Å²) >= 11 is 3.55. The molecule has 0 spiro atoms. The Hall–Kier alpha value is -0.610. The minimum absolute atomic E-state index is 0.664. The topological polar surface area (TPSA) is 28.2 Å². The molecular weight excluding hydrogens is 314 g/mol. The third-order valence-electron chi connectivity index (χ3n) is 3.47.